The maximum atomic E-state index is 8.70. The molecule has 0 N–H and O–H groups in total. The summed E-state index contributed by atoms with van der Waals surface area (Å²) >= 11 is 0. The molecule has 0 rings (SSSR count). The molecule has 0 bridgehead atoms. The molecule has 0 saturated heterocycles. The van der Waals surface area contributed by atoms with Crippen LogP contribution in [-0.4, -0.2) is 0 Å². The Morgan fingerprint density at radius 2 is 2.18 bits per heavy atom. The van der Waals surface area contributed by atoms with Crippen LogP contribution in [0.3, 0.4) is 0 Å². The second-order valence-corrected chi connectivity index (χ2v) is 2.83. The summed E-state index contributed by atoms with van der Waals surface area (Å²) in [5.74, 6) is 0.140. The summed E-state index contributed by atoms with van der Waals surface area (Å²) in [5, 5.41) is 8.70. The van der Waals surface area contributed by atoms with Crippen molar-refractivity contribution in [2.75, 3.05) is 0 Å². The van der Waals surface area contributed by atoms with E-state index in [4.69, 9.17) is 5.26 Å². The highest BCUT2D eigenvalue weighted by Gasteiger charge is 2.04. The minimum Gasteiger partial charge on any atom is -0.198 e. The molecular weight excluding hydrogens is 134 g/mol. The molecular formula is C10H17N. The van der Waals surface area contributed by atoms with E-state index in [-0.39, 0.29) is 5.92 Å². The van der Waals surface area contributed by atoms with Crippen LogP contribution in [0, 0.1) is 17.2 Å². The SMILES string of the molecule is CCCC=C(C)C(C#N)CC. The van der Waals surface area contributed by atoms with E-state index < -0.39 is 0 Å². The number of nitriles is 1. The van der Waals surface area contributed by atoms with Crippen molar-refractivity contribution in [3.63, 3.8) is 0 Å². The number of nitrogens with zero attached hydrogens (tertiary/aromatic N) is 1. The number of hydrogen-bond donors (Lipinski definition) is 0. The first-order valence-electron chi connectivity index (χ1n) is 4.32. The summed E-state index contributed by atoms with van der Waals surface area (Å²) in [6.07, 6.45) is 5.38. The zero-order chi connectivity index (χ0) is 8.69. The quantitative estimate of drug-likeness (QED) is 0.566. The number of rotatable bonds is 4. The Hall–Kier alpha value is -0.770. The Kier molecular flexibility index (Phi) is 5.56. The normalized spacial score (nSPS) is 14.2. The summed E-state index contributed by atoms with van der Waals surface area (Å²) < 4.78 is 0. The second kappa shape index (κ2) is 5.97. The lowest BCUT2D eigenvalue weighted by Gasteiger charge is -2.04. The average Bonchev–Trinajstić information content (AvgIpc) is 2.03. The van der Waals surface area contributed by atoms with Gasteiger partial charge in [0.15, 0.2) is 0 Å². The van der Waals surface area contributed by atoms with Crippen LogP contribution in [0.15, 0.2) is 11.6 Å². The van der Waals surface area contributed by atoms with Gasteiger partial charge in [0.25, 0.3) is 0 Å². The van der Waals surface area contributed by atoms with E-state index in [1.165, 1.54) is 12.0 Å². The van der Waals surface area contributed by atoms with Gasteiger partial charge in [0.05, 0.1) is 12.0 Å². The van der Waals surface area contributed by atoms with Crippen molar-refractivity contribution in [1.29, 1.82) is 5.26 Å². The zero-order valence-electron chi connectivity index (χ0n) is 7.72. The summed E-state index contributed by atoms with van der Waals surface area (Å²) in [7, 11) is 0. The van der Waals surface area contributed by atoms with Gasteiger partial charge in [-0.15, -0.1) is 0 Å². The molecule has 1 heteroatoms. The first-order chi connectivity index (χ1) is 5.26. The first-order valence-corrected chi connectivity index (χ1v) is 4.32. The molecule has 0 aliphatic heterocycles. The first kappa shape index (κ1) is 10.2. The summed E-state index contributed by atoms with van der Waals surface area (Å²) in [4.78, 5) is 0. The fourth-order valence-electron chi connectivity index (χ4n) is 1.03. The van der Waals surface area contributed by atoms with Gasteiger partial charge < -0.3 is 0 Å². The zero-order valence-corrected chi connectivity index (χ0v) is 7.72. The van der Waals surface area contributed by atoms with Gasteiger partial charge in [-0.2, -0.15) is 5.26 Å². The molecule has 62 valence electrons. The van der Waals surface area contributed by atoms with Crippen LogP contribution in [0.5, 0.6) is 0 Å². The van der Waals surface area contributed by atoms with Gasteiger partial charge in [0.1, 0.15) is 0 Å². The number of hydrogen-bond acceptors (Lipinski definition) is 1. The van der Waals surface area contributed by atoms with Crippen LogP contribution in [0.2, 0.25) is 0 Å². The monoisotopic (exact) mass is 151 g/mol. The van der Waals surface area contributed by atoms with Crippen LogP contribution in [0.4, 0.5) is 0 Å². The highest BCUT2D eigenvalue weighted by molar-refractivity contribution is 5.11. The van der Waals surface area contributed by atoms with Crippen molar-refractivity contribution in [3.8, 4) is 6.07 Å². The van der Waals surface area contributed by atoms with E-state index in [0.717, 1.165) is 12.8 Å². The average molecular weight is 151 g/mol. The van der Waals surface area contributed by atoms with E-state index in [1.807, 2.05) is 6.92 Å². The van der Waals surface area contributed by atoms with Gasteiger partial charge >= 0.3 is 0 Å². The Morgan fingerprint density at radius 1 is 1.55 bits per heavy atom. The molecule has 11 heavy (non-hydrogen) atoms. The molecule has 0 aliphatic rings. The highest BCUT2D eigenvalue weighted by atomic mass is 14.3. The van der Waals surface area contributed by atoms with Crippen molar-refractivity contribution in [2.45, 2.75) is 40.0 Å². The summed E-state index contributed by atoms with van der Waals surface area (Å²) in [5.41, 5.74) is 1.23. The van der Waals surface area contributed by atoms with Crippen molar-refractivity contribution in [3.05, 3.63) is 11.6 Å². The van der Waals surface area contributed by atoms with E-state index in [1.54, 1.807) is 0 Å². The van der Waals surface area contributed by atoms with E-state index in [0.29, 0.717) is 0 Å². The van der Waals surface area contributed by atoms with E-state index >= 15 is 0 Å². The lowest BCUT2D eigenvalue weighted by molar-refractivity contribution is 0.732. The summed E-state index contributed by atoms with van der Waals surface area (Å²) in [6, 6.07) is 2.29. The Balaban J connectivity index is 3.99. The summed E-state index contributed by atoms with van der Waals surface area (Å²) in [6.45, 7) is 6.25. The second-order valence-electron chi connectivity index (χ2n) is 2.83. The number of unbranched alkanes of at least 4 members (excludes halogenated alkanes) is 1. The Bertz CT molecular complexity index is 162. The molecule has 1 atom stereocenters. The Morgan fingerprint density at radius 3 is 2.55 bits per heavy atom. The predicted octanol–water partition coefficient (Wildman–Crippen LogP) is 3.28. The van der Waals surface area contributed by atoms with Gasteiger partial charge in [-0.25, -0.2) is 0 Å². The molecule has 0 fully saturated rings. The maximum Gasteiger partial charge on any atom is 0.0700 e. The van der Waals surface area contributed by atoms with Crippen LogP contribution >= 0.6 is 0 Å². The van der Waals surface area contributed by atoms with Crippen molar-refractivity contribution in [2.24, 2.45) is 5.92 Å². The van der Waals surface area contributed by atoms with Crippen LogP contribution < -0.4 is 0 Å². The van der Waals surface area contributed by atoms with Crippen LogP contribution in [-0.2, 0) is 0 Å². The smallest absolute Gasteiger partial charge is 0.0700 e. The third kappa shape index (κ3) is 3.83. The standard InChI is InChI=1S/C10H17N/c1-4-6-7-9(3)10(5-2)8-11/h7,10H,4-6H2,1-3H3. The van der Waals surface area contributed by atoms with Crippen molar-refractivity contribution in [1.82, 2.24) is 0 Å². The van der Waals surface area contributed by atoms with Crippen LogP contribution in [0.25, 0.3) is 0 Å². The molecule has 0 aliphatic carbocycles. The molecule has 0 saturated carbocycles. The number of allylic oxidation sites excluding steroid dienone is 2. The van der Waals surface area contributed by atoms with Crippen LogP contribution in [0.1, 0.15) is 40.0 Å². The molecule has 0 radical (unpaired) electrons. The fourth-order valence-corrected chi connectivity index (χ4v) is 1.03. The predicted molar refractivity (Wildman–Crippen MR) is 48.1 cm³/mol. The fraction of sp³-hybridized carbons (Fsp3) is 0.700. The van der Waals surface area contributed by atoms with E-state index in [9.17, 15) is 0 Å². The highest BCUT2D eigenvalue weighted by Crippen LogP contribution is 2.13. The minimum atomic E-state index is 0.140. The third-order valence-electron chi connectivity index (χ3n) is 1.87. The molecule has 0 aromatic rings. The third-order valence-corrected chi connectivity index (χ3v) is 1.87. The molecule has 0 aromatic carbocycles. The molecule has 0 heterocycles. The molecule has 0 amide bonds. The molecule has 1 nitrogen and oxygen atoms in total. The molecule has 1 unspecified atom stereocenters. The maximum absolute atomic E-state index is 8.70. The van der Waals surface area contributed by atoms with Gasteiger partial charge in [0.2, 0.25) is 0 Å². The lowest BCUT2D eigenvalue weighted by atomic mass is 9.98. The van der Waals surface area contributed by atoms with Gasteiger partial charge in [0, 0.05) is 0 Å². The van der Waals surface area contributed by atoms with Gasteiger partial charge in [-0.3, -0.25) is 0 Å². The lowest BCUT2D eigenvalue weighted by Crippen LogP contribution is -1.95. The minimum absolute atomic E-state index is 0.140. The van der Waals surface area contributed by atoms with Crippen molar-refractivity contribution >= 4 is 0 Å². The van der Waals surface area contributed by atoms with Gasteiger partial charge in [-0.1, -0.05) is 31.9 Å². The molecule has 0 spiro atoms. The molecule has 0 aromatic heterocycles. The topological polar surface area (TPSA) is 23.8 Å². The van der Waals surface area contributed by atoms with E-state index in [2.05, 4.69) is 26.0 Å². The Labute approximate surface area is 69.7 Å². The van der Waals surface area contributed by atoms with Gasteiger partial charge in [-0.05, 0) is 19.8 Å². The van der Waals surface area contributed by atoms with Crippen molar-refractivity contribution < 1.29 is 0 Å². The largest absolute Gasteiger partial charge is 0.198 e.